The van der Waals surface area contributed by atoms with E-state index in [4.69, 9.17) is 0 Å². The third-order valence-corrected chi connectivity index (χ3v) is 5.46. The van der Waals surface area contributed by atoms with Crippen molar-refractivity contribution in [3.8, 4) is 5.69 Å². The topological polar surface area (TPSA) is 73.1 Å². The molecule has 0 radical (unpaired) electrons. The molecule has 1 N–H and O–H groups in total. The van der Waals surface area contributed by atoms with E-state index >= 15 is 0 Å². The SMILES string of the molecule is Cc1cc(C)cc(-n2c(=O)c3sccc3n(CC(=O)NCCC(C)C)c2=O)c1. The molecule has 0 aliphatic rings. The van der Waals surface area contributed by atoms with Crippen LogP contribution < -0.4 is 16.6 Å². The van der Waals surface area contributed by atoms with Crippen molar-refractivity contribution in [1.82, 2.24) is 14.5 Å². The van der Waals surface area contributed by atoms with Crippen molar-refractivity contribution in [2.45, 2.75) is 40.7 Å². The molecule has 2 aromatic heterocycles. The largest absolute Gasteiger partial charge is 0.355 e. The second kappa shape index (κ2) is 8.14. The van der Waals surface area contributed by atoms with Crippen LogP contribution in [0.5, 0.6) is 0 Å². The van der Waals surface area contributed by atoms with Crippen LogP contribution in [0.4, 0.5) is 0 Å². The number of thiophene rings is 1. The van der Waals surface area contributed by atoms with E-state index in [1.54, 1.807) is 11.4 Å². The van der Waals surface area contributed by atoms with Gasteiger partial charge in [-0.05, 0) is 60.9 Å². The fourth-order valence-corrected chi connectivity index (χ4v) is 4.07. The summed E-state index contributed by atoms with van der Waals surface area (Å²) in [6.45, 7) is 8.47. The summed E-state index contributed by atoms with van der Waals surface area (Å²) in [5, 5.41) is 4.62. The van der Waals surface area contributed by atoms with Gasteiger partial charge in [-0.25, -0.2) is 9.36 Å². The summed E-state index contributed by atoms with van der Waals surface area (Å²) >= 11 is 1.28. The molecule has 2 heterocycles. The van der Waals surface area contributed by atoms with Crippen LogP contribution in [-0.2, 0) is 11.3 Å². The third-order valence-electron chi connectivity index (χ3n) is 4.56. The standard InChI is InChI=1S/C21H25N3O3S/c1-13(2)5-7-22-18(25)12-23-17-6-8-28-19(17)20(26)24(21(23)27)16-10-14(3)9-15(4)11-16/h6,8-11,13H,5,7,12H2,1-4H3,(H,22,25). The minimum Gasteiger partial charge on any atom is -0.355 e. The summed E-state index contributed by atoms with van der Waals surface area (Å²) in [4.78, 5) is 38.6. The lowest BCUT2D eigenvalue weighted by Gasteiger charge is -2.13. The van der Waals surface area contributed by atoms with Crippen molar-refractivity contribution >= 4 is 27.5 Å². The van der Waals surface area contributed by atoms with Crippen LogP contribution in [0, 0.1) is 19.8 Å². The van der Waals surface area contributed by atoms with E-state index in [0.717, 1.165) is 17.5 Å². The number of aromatic nitrogens is 2. The smallest absolute Gasteiger partial charge is 0.336 e. The lowest BCUT2D eigenvalue weighted by molar-refractivity contribution is -0.121. The van der Waals surface area contributed by atoms with Crippen molar-refractivity contribution in [2.75, 3.05) is 6.54 Å². The molecule has 0 aliphatic carbocycles. The van der Waals surface area contributed by atoms with E-state index in [-0.39, 0.29) is 18.0 Å². The quantitative estimate of drug-likeness (QED) is 0.693. The number of aryl methyl sites for hydroxylation is 2. The third kappa shape index (κ3) is 4.09. The van der Waals surface area contributed by atoms with Gasteiger partial charge in [0.15, 0.2) is 0 Å². The number of fused-ring (bicyclic) bond motifs is 1. The van der Waals surface area contributed by atoms with Crippen LogP contribution in [0.2, 0.25) is 0 Å². The summed E-state index contributed by atoms with van der Waals surface area (Å²) in [5.74, 6) is 0.249. The second-order valence-electron chi connectivity index (χ2n) is 7.52. The monoisotopic (exact) mass is 399 g/mol. The summed E-state index contributed by atoms with van der Waals surface area (Å²) in [6, 6.07) is 7.32. The van der Waals surface area contributed by atoms with Gasteiger partial charge >= 0.3 is 5.69 Å². The van der Waals surface area contributed by atoms with Gasteiger partial charge in [0.05, 0.1) is 11.2 Å². The number of hydrogen-bond acceptors (Lipinski definition) is 4. The normalized spacial score (nSPS) is 11.3. The highest BCUT2D eigenvalue weighted by Gasteiger charge is 2.17. The van der Waals surface area contributed by atoms with Gasteiger partial charge in [-0.15, -0.1) is 11.3 Å². The molecule has 3 aromatic rings. The molecule has 0 spiro atoms. The lowest BCUT2D eigenvalue weighted by Crippen LogP contribution is -2.41. The highest BCUT2D eigenvalue weighted by atomic mass is 32.1. The van der Waals surface area contributed by atoms with Gasteiger partial charge < -0.3 is 5.32 Å². The average molecular weight is 400 g/mol. The van der Waals surface area contributed by atoms with Crippen molar-refractivity contribution in [2.24, 2.45) is 5.92 Å². The first-order valence-electron chi connectivity index (χ1n) is 9.36. The Labute approximate surface area is 167 Å². The number of benzene rings is 1. The van der Waals surface area contributed by atoms with Gasteiger partial charge in [0.25, 0.3) is 5.56 Å². The average Bonchev–Trinajstić information content (AvgIpc) is 3.07. The second-order valence-corrected chi connectivity index (χ2v) is 8.44. The maximum absolute atomic E-state index is 13.2. The van der Waals surface area contributed by atoms with Gasteiger partial charge in [0.2, 0.25) is 5.91 Å². The van der Waals surface area contributed by atoms with Gasteiger partial charge in [-0.1, -0.05) is 19.9 Å². The zero-order valence-electron chi connectivity index (χ0n) is 16.6. The molecule has 0 atom stereocenters. The number of nitrogens with zero attached hydrogens (tertiary/aromatic N) is 2. The number of rotatable bonds is 6. The van der Waals surface area contributed by atoms with Gasteiger partial charge in [0, 0.05) is 6.54 Å². The van der Waals surface area contributed by atoms with Gasteiger partial charge in [0.1, 0.15) is 11.2 Å². The van der Waals surface area contributed by atoms with Crippen molar-refractivity contribution in [1.29, 1.82) is 0 Å². The van der Waals surface area contributed by atoms with Crippen LogP contribution in [0.1, 0.15) is 31.4 Å². The molecule has 1 aromatic carbocycles. The molecular formula is C21H25N3O3S. The maximum Gasteiger partial charge on any atom is 0.336 e. The Hall–Kier alpha value is -2.67. The molecule has 3 rings (SSSR count). The molecule has 0 saturated carbocycles. The fourth-order valence-electron chi connectivity index (χ4n) is 3.25. The predicted octanol–water partition coefficient (Wildman–Crippen LogP) is 2.99. The van der Waals surface area contributed by atoms with Crippen LogP contribution in [0.25, 0.3) is 15.9 Å². The van der Waals surface area contributed by atoms with Crippen molar-refractivity contribution in [3.05, 3.63) is 61.6 Å². The Morgan fingerprint density at radius 1 is 1.14 bits per heavy atom. The van der Waals surface area contributed by atoms with Crippen LogP contribution in [0.15, 0.2) is 39.2 Å². The highest BCUT2D eigenvalue weighted by Crippen LogP contribution is 2.17. The van der Waals surface area contributed by atoms with E-state index < -0.39 is 5.69 Å². The summed E-state index contributed by atoms with van der Waals surface area (Å²) < 4.78 is 3.02. The molecule has 6 nitrogen and oxygen atoms in total. The Bertz CT molecular complexity index is 1120. The summed E-state index contributed by atoms with van der Waals surface area (Å²) in [7, 11) is 0. The molecule has 148 valence electrons. The fraction of sp³-hybridized carbons (Fsp3) is 0.381. The highest BCUT2D eigenvalue weighted by molar-refractivity contribution is 7.17. The zero-order chi connectivity index (χ0) is 20.4. The van der Waals surface area contributed by atoms with E-state index in [9.17, 15) is 14.4 Å². The molecular weight excluding hydrogens is 374 g/mol. The maximum atomic E-state index is 13.2. The van der Waals surface area contributed by atoms with Crippen molar-refractivity contribution < 1.29 is 4.79 Å². The van der Waals surface area contributed by atoms with Crippen molar-refractivity contribution in [3.63, 3.8) is 0 Å². The summed E-state index contributed by atoms with van der Waals surface area (Å²) in [5.41, 5.74) is 2.10. The minimum absolute atomic E-state index is 0.116. The lowest BCUT2D eigenvalue weighted by atomic mass is 10.1. The molecule has 0 aliphatic heterocycles. The van der Waals surface area contributed by atoms with Gasteiger partial charge in [-0.3, -0.25) is 14.2 Å². The molecule has 28 heavy (non-hydrogen) atoms. The Balaban J connectivity index is 2.08. The molecule has 0 unspecified atom stereocenters. The van der Waals surface area contributed by atoms with E-state index in [1.807, 2.05) is 32.0 Å². The van der Waals surface area contributed by atoms with Crippen LogP contribution >= 0.6 is 11.3 Å². The Morgan fingerprint density at radius 2 is 1.82 bits per heavy atom. The molecule has 1 amide bonds. The predicted molar refractivity (Wildman–Crippen MR) is 114 cm³/mol. The first-order valence-corrected chi connectivity index (χ1v) is 10.2. The summed E-state index contributed by atoms with van der Waals surface area (Å²) in [6.07, 6.45) is 0.872. The van der Waals surface area contributed by atoms with E-state index in [0.29, 0.717) is 28.4 Å². The molecule has 7 heteroatoms. The number of carbonyl (C=O) groups excluding carboxylic acids is 1. The zero-order valence-corrected chi connectivity index (χ0v) is 17.4. The number of carbonyl (C=O) groups is 1. The Morgan fingerprint density at radius 3 is 2.46 bits per heavy atom. The van der Waals surface area contributed by atoms with E-state index in [2.05, 4.69) is 19.2 Å². The first-order chi connectivity index (χ1) is 13.3. The molecule has 0 bridgehead atoms. The van der Waals surface area contributed by atoms with Crippen LogP contribution in [0.3, 0.4) is 0 Å². The van der Waals surface area contributed by atoms with E-state index in [1.165, 1.54) is 20.5 Å². The van der Waals surface area contributed by atoms with Crippen LogP contribution in [-0.4, -0.2) is 21.6 Å². The molecule has 0 saturated heterocycles. The minimum atomic E-state index is -0.500. The number of hydrogen-bond donors (Lipinski definition) is 1. The van der Waals surface area contributed by atoms with Gasteiger partial charge in [-0.2, -0.15) is 0 Å². The Kier molecular flexibility index (Phi) is 5.84. The number of amides is 1. The molecule has 0 fully saturated rings. The first kappa shape index (κ1) is 20.1. The number of nitrogens with one attached hydrogen (secondary N) is 1.